The molecule has 1 heterocycles. The highest BCUT2D eigenvalue weighted by Crippen LogP contribution is 2.41. The normalized spacial score (nSPS) is 31.7. The fourth-order valence-electron chi connectivity index (χ4n) is 2.36. The highest BCUT2D eigenvalue weighted by molar-refractivity contribution is 6.48. The van der Waals surface area contributed by atoms with Crippen molar-refractivity contribution in [3.8, 4) is 0 Å². The maximum absolute atomic E-state index is 6.17. The molecule has 2 unspecified atom stereocenters. The average Bonchev–Trinajstić information content (AvgIpc) is 2.15. The Morgan fingerprint density at radius 3 is 2.44 bits per heavy atom. The summed E-state index contributed by atoms with van der Waals surface area (Å²) in [6, 6.07) is 0. The Morgan fingerprint density at radius 2 is 1.88 bits per heavy atom. The van der Waals surface area contributed by atoms with Gasteiger partial charge in [-0.2, -0.15) is 0 Å². The molecular formula is C12H18Cl2O2. The number of ether oxygens (including phenoxy) is 2. The molecule has 2 atom stereocenters. The molecule has 1 aliphatic carbocycles. The van der Waals surface area contributed by atoms with E-state index in [1.807, 2.05) is 0 Å². The first-order chi connectivity index (χ1) is 7.59. The fourth-order valence-corrected chi connectivity index (χ4v) is 2.84. The van der Waals surface area contributed by atoms with Crippen LogP contribution in [0, 0.1) is 13.2 Å². The van der Waals surface area contributed by atoms with Crippen LogP contribution in [0.1, 0.15) is 44.9 Å². The number of hydrogen-bond acceptors (Lipinski definition) is 2. The third kappa shape index (κ3) is 3.49. The smallest absolute Gasteiger partial charge is 0.227 e. The van der Waals surface area contributed by atoms with E-state index < -0.39 is 4.33 Å². The fraction of sp³-hybridized carbons (Fsp3) is 0.833. The molecule has 0 spiro atoms. The minimum Gasteiger partial charge on any atom is -0.342 e. The Hall–Kier alpha value is 0.500. The van der Waals surface area contributed by atoms with Gasteiger partial charge in [0.2, 0.25) is 6.29 Å². The summed E-state index contributed by atoms with van der Waals surface area (Å²) in [7, 11) is 0. The van der Waals surface area contributed by atoms with Crippen LogP contribution >= 0.6 is 23.2 Å². The number of rotatable bonds is 4. The molecule has 0 amide bonds. The van der Waals surface area contributed by atoms with Crippen LogP contribution < -0.4 is 0 Å². The molecule has 1 saturated carbocycles. The second-order valence-corrected chi connectivity index (χ2v) is 6.30. The van der Waals surface area contributed by atoms with E-state index in [1.54, 1.807) is 0 Å². The summed E-state index contributed by atoms with van der Waals surface area (Å²) in [5, 5.41) is 0. The maximum Gasteiger partial charge on any atom is 0.227 e. The molecule has 0 aromatic carbocycles. The average molecular weight is 265 g/mol. The minimum absolute atomic E-state index is 0.311. The molecule has 2 bridgehead atoms. The minimum atomic E-state index is -0.803. The van der Waals surface area contributed by atoms with Crippen molar-refractivity contribution in [2.24, 2.45) is 0 Å². The van der Waals surface area contributed by atoms with E-state index in [2.05, 4.69) is 6.92 Å². The van der Waals surface area contributed by atoms with Gasteiger partial charge in [0.1, 0.15) is 4.33 Å². The van der Waals surface area contributed by atoms with Crippen molar-refractivity contribution >= 4 is 23.2 Å². The molecular weight excluding hydrogens is 247 g/mol. The summed E-state index contributed by atoms with van der Waals surface area (Å²) in [6.45, 7) is 3.76. The van der Waals surface area contributed by atoms with E-state index >= 15 is 0 Å². The van der Waals surface area contributed by atoms with E-state index in [4.69, 9.17) is 32.7 Å². The van der Waals surface area contributed by atoms with E-state index in [9.17, 15) is 0 Å². The number of fused-ring (bicyclic) bond motifs is 2. The van der Waals surface area contributed by atoms with Crippen LogP contribution in [0.25, 0.3) is 0 Å². The quantitative estimate of drug-likeness (QED) is 0.715. The van der Waals surface area contributed by atoms with E-state index in [0.717, 1.165) is 19.3 Å². The molecule has 1 aliphatic heterocycles. The van der Waals surface area contributed by atoms with Crippen molar-refractivity contribution in [1.29, 1.82) is 0 Å². The molecule has 0 N–H and O–H groups in total. The lowest BCUT2D eigenvalue weighted by molar-refractivity contribution is -0.186. The van der Waals surface area contributed by atoms with Crippen LogP contribution in [0.15, 0.2) is 0 Å². The lowest BCUT2D eigenvalue weighted by Gasteiger charge is -2.39. The van der Waals surface area contributed by atoms with E-state index in [-0.39, 0.29) is 0 Å². The summed E-state index contributed by atoms with van der Waals surface area (Å²) < 4.78 is 10.7. The van der Waals surface area contributed by atoms with Crippen LogP contribution in [0.4, 0.5) is 0 Å². The first-order valence-corrected chi connectivity index (χ1v) is 6.71. The summed E-state index contributed by atoms with van der Waals surface area (Å²) in [5.41, 5.74) is 0. The number of alkyl halides is 2. The molecule has 0 aromatic heterocycles. The van der Waals surface area contributed by atoms with Crippen molar-refractivity contribution in [3.63, 3.8) is 0 Å². The van der Waals surface area contributed by atoms with E-state index in [1.165, 1.54) is 6.42 Å². The van der Waals surface area contributed by atoms with Gasteiger partial charge in [0.25, 0.3) is 0 Å². The lowest BCUT2D eigenvalue weighted by atomic mass is 9.93. The van der Waals surface area contributed by atoms with Gasteiger partial charge >= 0.3 is 0 Å². The SMILES string of the molecule is [CH2]CCC(Cl)(Cl)C[C]1OC2CCCC(C2)O1. The molecule has 2 radical (unpaired) electrons. The van der Waals surface area contributed by atoms with Crippen LogP contribution in [-0.2, 0) is 9.47 Å². The van der Waals surface area contributed by atoms with E-state index in [0.29, 0.717) is 37.8 Å². The molecule has 2 rings (SSSR count). The number of hydrogen-bond donors (Lipinski definition) is 0. The molecule has 2 fully saturated rings. The number of halogens is 2. The highest BCUT2D eigenvalue weighted by Gasteiger charge is 2.38. The standard InChI is InChI=1S/C12H18Cl2O2/c1-2-6-12(13,14)8-11-15-9-4-3-5-10(7-9)16-11/h9-10H,1-8H2. The van der Waals surface area contributed by atoms with Gasteiger partial charge in [-0.05, 0) is 25.7 Å². The molecule has 4 heteroatoms. The molecule has 92 valence electrons. The first kappa shape index (κ1) is 12.9. The van der Waals surface area contributed by atoms with Crippen molar-refractivity contribution in [3.05, 3.63) is 13.2 Å². The second kappa shape index (κ2) is 5.43. The summed E-state index contributed by atoms with van der Waals surface area (Å²) in [5.74, 6) is 0. The third-order valence-corrected chi connectivity index (χ3v) is 3.76. The largest absolute Gasteiger partial charge is 0.342 e. The molecule has 0 aromatic rings. The summed E-state index contributed by atoms with van der Waals surface area (Å²) in [4.78, 5) is 0. The van der Waals surface area contributed by atoms with Crippen LogP contribution in [0.2, 0.25) is 0 Å². The Bertz CT molecular complexity index is 221. The van der Waals surface area contributed by atoms with Gasteiger partial charge in [0.15, 0.2) is 0 Å². The van der Waals surface area contributed by atoms with Gasteiger partial charge in [-0.1, -0.05) is 13.3 Å². The zero-order valence-corrected chi connectivity index (χ0v) is 10.9. The van der Waals surface area contributed by atoms with Gasteiger partial charge in [-0.15, -0.1) is 23.2 Å². The van der Waals surface area contributed by atoms with Crippen molar-refractivity contribution in [2.45, 2.75) is 61.5 Å². The summed E-state index contributed by atoms with van der Waals surface area (Å²) in [6.07, 6.45) is 7.52. The maximum atomic E-state index is 6.17. The van der Waals surface area contributed by atoms with Crippen LogP contribution in [0.5, 0.6) is 0 Å². The molecule has 16 heavy (non-hydrogen) atoms. The second-order valence-electron chi connectivity index (χ2n) is 4.65. The molecule has 2 nitrogen and oxygen atoms in total. The zero-order chi connectivity index (χ0) is 11.6. The Morgan fingerprint density at radius 1 is 1.25 bits per heavy atom. The zero-order valence-electron chi connectivity index (χ0n) is 9.38. The topological polar surface area (TPSA) is 18.5 Å². The van der Waals surface area contributed by atoms with Crippen molar-refractivity contribution in [1.82, 2.24) is 0 Å². The summed E-state index contributed by atoms with van der Waals surface area (Å²) >= 11 is 12.3. The van der Waals surface area contributed by atoms with Gasteiger partial charge in [-0.3, -0.25) is 0 Å². The molecule has 1 saturated heterocycles. The van der Waals surface area contributed by atoms with Crippen molar-refractivity contribution < 1.29 is 9.47 Å². The predicted octanol–water partition coefficient (Wildman–Crippen LogP) is 4.01. The van der Waals surface area contributed by atoms with Gasteiger partial charge in [0, 0.05) is 12.8 Å². The molecule has 2 aliphatic rings. The van der Waals surface area contributed by atoms with Gasteiger partial charge < -0.3 is 9.47 Å². The Kier molecular flexibility index (Phi) is 4.39. The Balaban J connectivity index is 1.86. The van der Waals surface area contributed by atoms with Gasteiger partial charge in [0.05, 0.1) is 12.2 Å². The van der Waals surface area contributed by atoms with Crippen LogP contribution in [0.3, 0.4) is 0 Å². The van der Waals surface area contributed by atoms with Crippen molar-refractivity contribution in [2.75, 3.05) is 0 Å². The third-order valence-electron chi connectivity index (χ3n) is 3.12. The first-order valence-electron chi connectivity index (χ1n) is 5.95. The monoisotopic (exact) mass is 264 g/mol. The van der Waals surface area contributed by atoms with Crippen LogP contribution in [-0.4, -0.2) is 16.5 Å². The Labute approximate surface area is 108 Å². The highest BCUT2D eigenvalue weighted by atomic mass is 35.5. The lowest BCUT2D eigenvalue weighted by Crippen LogP contribution is -2.38. The predicted molar refractivity (Wildman–Crippen MR) is 65.1 cm³/mol. The van der Waals surface area contributed by atoms with Gasteiger partial charge in [-0.25, -0.2) is 0 Å².